The van der Waals surface area contributed by atoms with Crippen molar-refractivity contribution in [3.05, 3.63) is 53.6 Å². The van der Waals surface area contributed by atoms with Gasteiger partial charge in [-0.2, -0.15) is 0 Å². The van der Waals surface area contributed by atoms with E-state index in [0.717, 1.165) is 4.31 Å². The van der Waals surface area contributed by atoms with E-state index >= 15 is 0 Å². The topological polar surface area (TPSA) is 57.6 Å². The molecule has 6 heteroatoms. The van der Waals surface area contributed by atoms with Crippen molar-refractivity contribution in [1.82, 2.24) is 0 Å². The first kappa shape index (κ1) is 13.7. The van der Waals surface area contributed by atoms with Crippen LogP contribution in [0.1, 0.15) is 0 Å². The molecule has 0 amide bonds. The molecule has 0 atom stereocenters. The van der Waals surface area contributed by atoms with E-state index < -0.39 is 10.0 Å². The van der Waals surface area contributed by atoms with Crippen LogP contribution in [0.5, 0.6) is 5.75 Å². The lowest BCUT2D eigenvalue weighted by molar-refractivity contribution is 0.475. The summed E-state index contributed by atoms with van der Waals surface area (Å²) in [5.74, 6) is 0.0762. The van der Waals surface area contributed by atoms with Crippen LogP contribution in [0.2, 0.25) is 5.02 Å². The smallest absolute Gasteiger partial charge is 0.265 e. The summed E-state index contributed by atoms with van der Waals surface area (Å²) < 4.78 is 26.0. The average Bonchev–Trinajstić information content (AvgIpc) is 2.39. The first-order valence-electron chi connectivity index (χ1n) is 5.45. The van der Waals surface area contributed by atoms with Crippen LogP contribution in [0.3, 0.4) is 0 Å². The predicted molar refractivity (Wildman–Crippen MR) is 75.1 cm³/mol. The Morgan fingerprint density at radius 3 is 2.21 bits per heavy atom. The minimum Gasteiger partial charge on any atom is -0.508 e. The molecule has 0 heterocycles. The minimum absolute atomic E-state index is 0.0484. The molecule has 0 unspecified atom stereocenters. The highest BCUT2D eigenvalue weighted by molar-refractivity contribution is 7.93. The van der Waals surface area contributed by atoms with Crippen LogP contribution in [0, 0.1) is 0 Å². The molecule has 0 bridgehead atoms. The van der Waals surface area contributed by atoms with Crippen molar-refractivity contribution in [1.29, 1.82) is 0 Å². The van der Waals surface area contributed by atoms with E-state index in [1.807, 2.05) is 0 Å². The zero-order valence-corrected chi connectivity index (χ0v) is 11.7. The van der Waals surface area contributed by atoms with Gasteiger partial charge in [-0.3, -0.25) is 4.31 Å². The number of hydrogen-bond donors (Lipinski definition) is 1. The van der Waals surface area contributed by atoms with Crippen LogP contribution in [-0.4, -0.2) is 20.6 Å². The number of anilines is 1. The molecule has 2 aromatic carbocycles. The van der Waals surface area contributed by atoms with Crippen molar-refractivity contribution < 1.29 is 13.5 Å². The third-order valence-corrected chi connectivity index (χ3v) is 4.97. The molecule has 0 aromatic heterocycles. The average molecular weight is 298 g/mol. The van der Waals surface area contributed by atoms with Gasteiger partial charge in [0.05, 0.1) is 10.7 Å². The lowest BCUT2D eigenvalue weighted by Gasteiger charge is -2.20. The fraction of sp³-hybridized carbons (Fsp3) is 0.0769. The Bertz CT molecular complexity index is 683. The second-order valence-corrected chi connectivity index (χ2v) is 6.26. The van der Waals surface area contributed by atoms with Gasteiger partial charge in [-0.15, -0.1) is 0 Å². The molecule has 0 aliphatic carbocycles. The zero-order chi connectivity index (χ0) is 14.0. The normalized spacial score (nSPS) is 11.3. The van der Waals surface area contributed by atoms with E-state index in [1.54, 1.807) is 12.1 Å². The number of benzene rings is 2. The molecule has 0 fully saturated rings. The Morgan fingerprint density at radius 2 is 1.63 bits per heavy atom. The summed E-state index contributed by atoms with van der Waals surface area (Å²) in [5.41, 5.74) is 0.442. The van der Waals surface area contributed by atoms with Crippen LogP contribution in [-0.2, 0) is 10.0 Å². The van der Waals surface area contributed by atoms with Crippen molar-refractivity contribution in [2.45, 2.75) is 4.90 Å². The molecule has 2 rings (SSSR count). The summed E-state index contributed by atoms with van der Waals surface area (Å²) >= 11 is 5.92. The Balaban J connectivity index is 2.45. The summed E-state index contributed by atoms with van der Waals surface area (Å²) in [6, 6.07) is 12.1. The number of rotatable bonds is 3. The number of phenols is 1. The largest absolute Gasteiger partial charge is 0.508 e. The van der Waals surface area contributed by atoms with Crippen molar-refractivity contribution in [3.63, 3.8) is 0 Å². The van der Waals surface area contributed by atoms with Crippen LogP contribution >= 0.6 is 11.6 Å². The van der Waals surface area contributed by atoms with Crippen molar-refractivity contribution >= 4 is 27.3 Å². The van der Waals surface area contributed by atoms with Gasteiger partial charge < -0.3 is 5.11 Å². The molecule has 0 saturated carbocycles. The summed E-state index contributed by atoms with van der Waals surface area (Å²) in [6.07, 6.45) is 0. The number of sulfonamides is 1. The lowest BCUT2D eigenvalue weighted by atomic mass is 10.3. The Hall–Kier alpha value is -1.72. The Morgan fingerprint density at radius 1 is 1.05 bits per heavy atom. The summed E-state index contributed by atoms with van der Waals surface area (Å²) in [4.78, 5) is 0.0484. The first-order chi connectivity index (χ1) is 8.93. The number of hydrogen-bond acceptors (Lipinski definition) is 3. The molecule has 0 saturated heterocycles. The van der Waals surface area contributed by atoms with Gasteiger partial charge in [0.15, 0.2) is 0 Å². The second-order valence-electron chi connectivity index (χ2n) is 3.92. The summed E-state index contributed by atoms with van der Waals surface area (Å²) in [5, 5.41) is 9.39. The van der Waals surface area contributed by atoms with Crippen molar-refractivity contribution in [3.8, 4) is 5.75 Å². The van der Waals surface area contributed by atoms with Crippen LogP contribution in [0.4, 0.5) is 5.69 Å². The molecular formula is C13H12ClNO3S. The zero-order valence-electron chi connectivity index (χ0n) is 10.1. The van der Waals surface area contributed by atoms with Gasteiger partial charge in [0, 0.05) is 7.05 Å². The van der Waals surface area contributed by atoms with Gasteiger partial charge in [-0.25, -0.2) is 8.42 Å². The molecule has 0 aliphatic heterocycles. The fourth-order valence-corrected chi connectivity index (χ4v) is 3.29. The van der Waals surface area contributed by atoms with E-state index in [-0.39, 0.29) is 15.7 Å². The SMILES string of the molecule is CN(c1ccc(O)cc1)S(=O)(=O)c1ccccc1Cl. The highest BCUT2D eigenvalue weighted by Gasteiger charge is 2.23. The maximum absolute atomic E-state index is 12.4. The molecule has 0 aliphatic rings. The summed E-state index contributed by atoms with van der Waals surface area (Å²) in [6.45, 7) is 0. The highest BCUT2D eigenvalue weighted by atomic mass is 35.5. The third kappa shape index (κ3) is 2.67. The van der Waals surface area contributed by atoms with Gasteiger partial charge in [-0.05, 0) is 36.4 Å². The van der Waals surface area contributed by atoms with Gasteiger partial charge in [0.1, 0.15) is 10.6 Å². The summed E-state index contributed by atoms with van der Waals surface area (Å²) in [7, 11) is -2.28. The molecule has 0 radical (unpaired) electrons. The molecule has 19 heavy (non-hydrogen) atoms. The molecule has 2 aromatic rings. The molecule has 4 nitrogen and oxygen atoms in total. The minimum atomic E-state index is -3.72. The van der Waals surface area contributed by atoms with E-state index in [1.165, 1.54) is 43.4 Å². The van der Waals surface area contributed by atoms with Crippen LogP contribution < -0.4 is 4.31 Å². The molecular weight excluding hydrogens is 286 g/mol. The predicted octanol–water partition coefficient (Wildman–Crippen LogP) is 2.87. The fourth-order valence-electron chi connectivity index (χ4n) is 1.60. The maximum Gasteiger partial charge on any atom is 0.265 e. The van der Waals surface area contributed by atoms with E-state index in [2.05, 4.69) is 0 Å². The van der Waals surface area contributed by atoms with Gasteiger partial charge in [-0.1, -0.05) is 23.7 Å². The quantitative estimate of drug-likeness (QED) is 0.948. The first-order valence-corrected chi connectivity index (χ1v) is 7.27. The van der Waals surface area contributed by atoms with Gasteiger partial charge in [0.25, 0.3) is 10.0 Å². The van der Waals surface area contributed by atoms with Gasteiger partial charge in [0.2, 0.25) is 0 Å². The Kier molecular flexibility index (Phi) is 3.68. The maximum atomic E-state index is 12.4. The molecule has 100 valence electrons. The number of nitrogens with zero attached hydrogens (tertiary/aromatic N) is 1. The van der Waals surface area contributed by atoms with Crippen LogP contribution in [0.15, 0.2) is 53.4 Å². The molecule has 1 N–H and O–H groups in total. The lowest BCUT2D eigenvalue weighted by Crippen LogP contribution is -2.26. The van der Waals surface area contributed by atoms with Crippen LogP contribution in [0.25, 0.3) is 0 Å². The monoisotopic (exact) mass is 297 g/mol. The van der Waals surface area contributed by atoms with Crippen molar-refractivity contribution in [2.24, 2.45) is 0 Å². The number of phenolic OH excluding ortho intramolecular Hbond substituents is 1. The second kappa shape index (κ2) is 5.11. The standard InChI is InChI=1S/C13H12ClNO3S/c1-15(10-6-8-11(16)9-7-10)19(17,18)13-5-3-2-4-12(13)14/h2-9,16H,1H3. The van der Waals surface area contributed by atoms with Crippen molar-refractivity contribution in [2.75, 3.05) is 11.4 Å². The third-order valence-electron chi connectivity index (χ3n) is 2.69. The van der Waals surface area contributed by atoms with E-state index in [9.17, 15) is 13.5 Å². The van der Waals surface area contributed by atoms with E-state index in [0.29, 0.717) is 5.69 Å². The number of aromatic hydroxyl groups is 1. The Labute approximate surface area is 116 Å². The molecule has 0 spiro atoms. The number of halogens is 1. The van der Waals surface area contributed by atoms with E-state index in [4.69, 9.17) is 11.6 Å². The van der Waals surface area contributed by atoms with Gasteiger partial charge >= 0.3 is 0 Å². The highest BCUT2D eigenvalue weighted by Crippen LogP contribution is 2.27.